The molecule has 0 spiro atoms. The molecule has 4 aliphatic heterocycles. The lowest BCUT2D eigenvalue weighted by atomic mass is 10.0. The molecule has 4 heterocycles. The molecule has 0 radical (unpaired) electrons. The second-order valence-corrected chi connectivity index (χ2v) is 11.8. The second kappa shape index (κ2) is 12.5. The number of carbonyl (C=O) groups is 6. The minimum absolute atomic E-state index is 0.0514. The fourth-order valence-electron chi connectivity index (χ4n) is 6.56. The zero-order chi connectivity index (χ0) is 30.8. The molecular weight excluding hydrogens is 566 g/mol. The van der Waals surface area contributed by atoms with Crippen LogP contribution in [-0.2, 0) is 25.7 Å². The Bertz CT molecular complexity index is 1490. The first kappa shape index (κ1) is 29.3. The molecule has 12 heteroatoms. The number of nitrogens with one attached hydrogen (secondary N) is 2. The van der Waals surface area contributed by atoms with Crippen molar-refractivity contribution in [1.29, 1.82) is 0 Å². The van der Waals surface area contributed by atoms with Gasteiger partial charge in [0.25, 0.3) is 11.8 Å². The Labute approximate surface area is 254 Å². The maximum atomic E-state index is 13.5. The van der Waals surface area contributed by atoms with Crippen molar-refractivity contribution in [1.82, 2.24) is 20.4 Å². The summed E-state index contributed by atoms with van der Waals surface area (Å²) >= 11 is 0. The summed E-state index contributed by atoms with van der Waals surface area (Å²) in [5.41, 5.74) is 2.05. The van der Waals surface area contributed by atoms with Crippen LogP contribution in [0.2, 0.25) is 0 Å². The molecule has 2 unspecified atom stereocenters. The van der Waals surface area contributed by atoms with Crippen molar-refractivity contribution < 1.29 is 33.5 Å². The molecule has 44 heavy (non-hydrogen) atoms. The van der Waals surface area contributed by atoms with Crippen LogP contribution in [0.25, 0.3) is 0 Å². The lowest BCUT2D eigenvalue weighted by Crippen LogP contribution is -2.54. The number of nitrogens with zero attached hydrogens (tertiary/aromatic N) is 3. The molecule has 2 aromatic carbocycles. The van der Waals surface area contributed by atoms with Crippen LogP contribution in [0, 0.1) is 5.92 Å². The van der Waals surface area contributed by atoms with Crippen molar-refractivity contribution in [3.05, 3.63) is 65.2 Å². The number of alkyl carbamates (subject to hydrolysis) is 1. The van der Waals surface area contributed by atoms with Crippen LogP contribution in [-0.4, -0.2) is 83.7 Å². The summed E-state index contributed by atoms with van der Waals surface area (Å²) in [4.78, 5) is 81.0. The molecule has 3 fully saturated rings. The topological polar surface area (TPSA) is 145 Å². The van der Waals surface area contributed by atoms with Crippen LogP contribution < -0.4 is 15.5 Å². The van der Waals surface area contributed by atoms with Gasteiger partial charge in [-0.2, -0.15) is 0 Å². The van der Waals surface area contributed by atoms with Crippen molar-refractivity contribution >= 4 is 41.3 Å². The number of ether oxygens (including phenoxy) is 1. The summed E-state index contributed by atoms with van der Waals surface area (Å²) < 4.78 is 5.32. The number of amides is 6. The predicted octanol–water partition coefficient (Wildman–Crippen LogP) is 2.22. The Hall–Kier alpha value is -4.74. The summed E-state index contributed by atoms with van der Waals surface area (Å²) in [6.45, 7) is 2.51. The van der Waals surface area contributed by atoms with E-state index in [1.165, 1.54) is 0 Å². The van der Waals surface area contributed by atoms with Crippen LogP contribution in [0.3, 0.4) is 0 Å². The minimum Gasteiger partial charge on any atom is -0.445 e. The van der Waals surface area contributed by atoms with E-state index in [9.17, 15) is 28.8 Å². The molecule has 3 saturated heterocycles. The third kappa shape index (κ3) is 6.01. The number of likely N-dealkylation sites (tertiary alicyclic amines) is 1. The Morgan fingerprint density at radius 2 is 1.66 bits per heavy atom. The molecule has 0 aromatic heterocycles. The SMILES string of the molecule is O=C1CCC(N2C(=O)c3cccc(N4CCC(CC(=O)N5CCC(NC(=O)OCc6ccccc6)CC5)C4)c3C2=O)C(=O)N1. The highest BCUT2D eigenvalue weighted by Crippen LogP contribution is 2.36. The molecule has 2 aromatic rings. The number of hydrogen-bond donors (Lipinski definition) is 2. The van der Waals surface area contributed by atoms with Gasteiger partial charge in [0.1, 0.15) is 12.6 Å². The molecule has 12 nitrogen and oxygen atoms in total. The van der Waals surface area contributed by atoms with Gasteiger partial charge in [-0.3, -0.25) is 34.2 Å². The number of carbonyl (C=O) groups excluding carboxylic acids is 6. The summed E-state index contributed by atoms with van der Waals surface area (Å²) in [6, 6.07) is 13.5. The fourth-order valence-corrected chi connectivity index (χ4v) is 6.56. The van der Waals surface area contributed by atoms with Gasteiger partial charge in [0, 0.05) is 45.1 Å². The first-order chi connectivity index (χ1) is 21.3. The van der Waals surface area contributed by atoms with E-state index >= 15 is 0 Å². The van der Waals surface area contributed by atoms with Gasteiger partial charge in [-0.25, -0.2) is 4.79 Å². The van der Waals surface area contributed by atoms with Gasteiger partial charge < -0.3 is 19.9 Å². The van der Waals surface area contributed by atoms with E-state index < -0.39 is 35.8 Å². The van der Waals surface area contributed by atoms with Crippen molar-refractivity contribution in [2.45, 2.75) is 57.2 Å². The van der Waals surface area contributed by atoms with Crippen molar-refractivity contribution in [2.75, 3.05) is 31.1 Å². The van der Waals surface area contributed by atoms with Gasteiger partial charge in [-0.05, 0) is 49.3 Å². The quantitative estimate of drug-likeness (QED) is 0.460. The molecule has 0 aliphatic carbocycles. The maximum Gasteiger partial charge on any atom is 0.407 e. The van der Waals surface area contributed by atoms with Crippen molar-refractivity contribution in [3.8, 4) is 0 Å². The Morgan fingerprint density at radius 3 is 2.41 bits per heavy atom. The maximum absolute atomic E-state index is 13.5. The van der Waals surface area contributed by atoms with E-state index in [2.05, 4.69) is 10.6 Å². The Morgan fingerprint density at radius 1 is 0.886 bits per heavy atom. The fraction of sp³-hybridized carbons (Fsp3) is 0.438. The standard InChI is InChI=1S/C32H35N5O7/c38-26-10-9-25(29(40)34-26)37-30(41)23-7-4-8-24(28(23)31(37)42)36-14-11-21(18-36)17-27(39)35-15-12-22(13-16-35)33-32(43)44-19-20-5-2-1-3-6-20/h1-8,21-22,25H,9-19H2,(H,33,43)(H,34,38,40). The van der Waals surface area contributed by atoms with Gasteiger partial charge in [-0.1, -0.05) is 36.4 Å². The molecular formula is C32H35N5O7. The number of piperidine rings is 2. The second-order valence-electron chi connectivity index (χ2n) is 11.8. The average Bonchev–Trinajstić information content (AvgIpc) is 3.59. The number of benzene rings is 2. The first-order valence-corrected chi connectivity index (χ1v) is 15.1. The minimum atomic E-state index is -1.02. The summed E-state index contributed by atoms with van der Waals surface area (Å²) in [5.74, 6) is -1.97. The van der Waals surface area contributed by atoms with Gasteiger partial charge in [0.2, 0.25) is 17.7 Å². The van der Waals surface area contributed by atoms with Crippen LogP contribution in [0.1, 0.15) is 64.8 Å². The molecule has 230 valence electrons. The molecule has 4 aliphatic rings. The number of imide groups is 2. The van der Waals surface area contributed by atoms with E-state index in [1.807, 2.05) is 40.1 Å². The molecule has 0 saturated carbocycles. The smallest absolute Gasteiger partial charge is 0.407 e. The number of fused-ring (bicyclic) bond motifs is 1. The highest BCUT2D eigenvalue weighted by Gasteiger charge is 2.46. The average molecular weight is 602 g/mol. The Kier molecular flexibility index (Phi) is 8.32. The van der Waals surface area contributed by atoms with E-state index in [0.717, 1.165) is 16.9 Å². The van der Waals surface area contributed by atoms with Gasteiger partial charge in [0.15, 0.2) is 0 Å². The largest absolute Gasteiger partial charge is 0.445 e. The molecule has 6 rings (SSSR count). The normalized spacial score (nSPS) is 22.2. The van der Waals surface area contributed by atoms with E-state index in [4.69, 9.17) is 4.74 Å². The van der Waals surface area contributed by atoms with E-state index in [1.54, 1.807) is 18.2 Å². The van der Waals surface area contributed by atoms with E-state index in [-0.39, 0.29) is 48.4 Å². The van der Waals surface area contributed by atoms with Gasteiger partial charge in [0.05, 0.1) is 16.8 Å². The zero-order valence-corrected chi connectivity index (χ0v) is 24.3. The van der Waals surface area contributed by atoms with Crippen LogP contribution in [0.5, 0.6) is 0 Å². The van der Waals surface area contributed by atoms with E-state index in [0.29, 0.717) is 51.1 Å². The lowest BCUT2D eigenvalue weighted by molar-refractivity contribution is -0.136. The molecule has 2 N–H and O–H groups in total. The molecule has 2 atom stereocenters. The number of rotatable bonds is 7. The summed E-state index contributed by atoms with van der Waals surface area (Å²) in [6.07, 6.45) is 2.15. The summed E-state index contributed by atoms with van der Waals surface area (Å²) in [5, 5.41) is 5.12. The molecule has 6 amide bonds. The van der Waals surface area contributed by atoms with Crippen molar-refractivity contribution in [3.63, 3.8) is 0 Å². The highest BCUT2D eigenvalue weighted by atomic mass is 16.5. The third-order valence-corrected chi connectivity index (χ3v) is 8.92. The van der Waals surface area contributed by atoms with Crippen LogP contribution in [0.4, 0.5) is 10.5 Å². The zero-order valence-electron chi connectivity index (χ0n) is 24.3. The van der Waals surface area contributed by atoms with Gasteiger partial charge in [-0.15, -0.1) is 0 Å². The highest BCUT2D eigenvalue weighted by molar-refractivity contribution is 6.25. The van der Waals surface area contributed by atoms with Crippen LogP contribution >= 0.6 is 0 Å². The predicted molar refractivity (Wildman–Crippen MR) is 157 cm³/mol. The molecule has 0 bridgehead atoms. The third-order valence-electron chi connectivity index (χ3n) is 8.92. The first-order valence-electron chi connectivity index (χ1n) is 15.1. The monoisotopic (exact) mass is 601 g/mol. The van der Waals surface area contributed by atoms with Crippen LogP contribution in [0.15, 0.2) is 48.5 Å². The van der Waals surface area contributed by atoms with Crippen molar-refractivity contribution in [2.24, 2.45) is 5.92 Å². The van der Waals surface area contributed by atoms with Gasteiger partial charge >= 0.3 is 6.09 Å². The summed E-state index contributed by atoms with van der Waals surface area (Å²) in [7, 11) is 0. The lowest BCUT2D eigenvalue weighted by Gasteiger charge is -2.32. The number of hydrogen-bond acceptors (Lipinski definition) is 8. The Balaban J connectivity index is 0.998. The number of anilines is 1.